The summed E-state index contributed by atoms with van der Waals surface area (Å²) in [4.78, 5) is 10.3. The van der Waals surface area contributed by atoms with Gasteiger partial charge in [-0.25, -0.2) is 8.42 Å². The molecule has 0 aliphatic rings. The Hall–Kier alpha value is -1.08. The van der Waals surface area contributed by atoms with Gasteiger partial charge in [0.1, 0.15) is 0 Å². The van der Waals surface area contributed by atoms with Crippen molar-refractivity contribution in [1.82, 2.24) is 0 Å². The van der Waals surface area contributed by atoms with Crippen LogP contribution in [0.1, 0.15) is 12.8 Å². The first-order valence-electron chi connectivity index (χ1n) is 4.87. The van der Waals surface area contributed by atoms with Crippen molar-refractivity contribution in [2.24, 2.45) is 0 Å². The Morgan fingerprint density at radius 2 is 2.12 bits per heavy atom. The predicted molar refractivity (Wildman–Crippen MR) is 68.4 cm³/mol. The lowest BCUT2D eigenvalue weighted by atomic mass is 10.3. The second-order valence-corrected chi connectivity index (χ2v) is 6.19. The highest BCUT2D eigenvalue weighted by Gasteiger charge is 2.11. The molecule has 0 aliphatic carbocycles. The second-order valence-electron chi connectivity index (χ2n) is 3.43. The van der Waals surface area contributed by atoms with Crippen molar-refractivity contribution in [2.75, 3.05) is 10.5 Å². The van der Waals surface area contributed by atoms with E-state index in [1.165, 1.54) is 0 Å². The molecule has 1 aromatic rings. The zero-order valence-electron chi connectivity index (χ0n) is 8.89. The van der Waals surface area contributed by atoms with Gasteiger partial charge in [-0.3, -0.25) is 9.52 Å². The molecule has 0 unspecified atom stereocenters. The van der Waals surface area contributed by atoms with Crippen LogP contribution in [0.3, 0.4) is 0 Å². The van der Waals surface area contributed by atoms with Crippen molar-refractivity contribution >= 4 is 37.6 Å². The van der Waals surface area contributed by atoms with Gasteiger partial charge in [-0.2, -0.15) is 0 Å². The predicted octanol–water partition coefficient (Wildman–Crippen LogP) is 2.06. The first-order chi connectivity index (χ1) is 7.89. The number of hydrogen-bond acceptors (Lipinski definition) is 3. The van der Waals surface area contributed by atoms with Crippen LogP contribution in [0.4, 0.5) is 5.69 Å². The molecule has 0 amide bonds. The van der Waals surface area contributed by atoms with Crippen LogP contribution in [-0.2, 0) is 14.8 Å². The molecule has 0 atom stereocenters. The van der Waals surface area contributed by atoms with E-state index >= 15 is 0 Å². The van der Waals surface area contributed by atoms with Gasteiger partial charge in [-0.05, 0) is 24.6 Å². The Morgan fingerprint density at radius 3 is 2.71 bits per heavy atom. The van der Waals surface area contributed by atoms with Gasteiger partial charge in [0.25, 0.3) is 0 Å². The maximum Gasteiger partial charge on any atom is 0.303 e. The summed E-state index contributed by atoms with van der Waals surface area (Å²) in [7, 11) is -3.48. The highest BCUT2D eigenvalue weighted by Crippen LogP contribution is 2.17. The average molecular weight is 322 g/mol. The minimum Gasteiger partial charge on any atom is -0.481 e. The van der Waals surface area contributed by atoms with E-state index < -0.39 is 16.0 Å². The number of sulfonamides is 1. The minimum atomic E-state index is -3.48. The number of aliphatic carboxylic acids is 1. The summed E-state index contributed by atoms with van der Waals surface area (Å²) in [6, 6.07) is 6.75. The van der Waals surface area contributed by atoms with Crippen molar-refractivity contribution in [3.05, 3.63) is 28.7 Å². The van der Waals surface area contributed by atoms with E-state index in [-0.39, 0.29) is 18.6 Å². The molecular formula is C10H12BrNO4S. The Bertz CT molecular complexity index is 501. The highest BCUT2D eigenvalue weighted by molar-refractivity contribution is 9.10. The van der Waals surface area contributed by atoms with Crippen LogP contribution < -0.4 is 4.72 Å². The molecule has 17 heavy (non-hydrogen) atoms. The Balaban J connectivity index is 2.57. The SMILES string of the molecule is O=C(O)CCCS(=O)(=O)Nc1cccc(Br)c1. The van der Waals surface area contributed by atoms with E-state index in [0.29, 0.717) is 5.69 Å². The van der Waals surface area contributed by atoms with Gasteiger partial charge < -0.3 is 5.11 Å². The normalized spacial score (nSPS) is 11.1. The zero-order chi connectivity index (χ0) is 12.9. The number of nitrogens with one attached hydrogen (secondary N) is 1. The van der Waals surface area contributed by atoms with Gasteiger partial charge in [-0.15, -0.1) is 0 Å². The Kier molecular flexibility index (Phi) is 4.95. The smallest absolute Gasteiger partial charge is 0.303 e. The summed E-state index contributed by atoms with van der Waals surface area (Å²) in [5.41, 5.74) is 0.453. The maximum atomic E-state index is 11.6. The number of halogens is 1. The van der Waals surface area contributed by atoms with E-state index in [9.17, 15) is 13.2 Å². The van der Waals surface area contributed by atoms with Crippen LogP contribution in [0.2, 0.25) is 0 Å². The van der Waals surface area contributed by atoms with Gasteiger partial charge in [0.05, 0.1) is 5.75 Å². The van der Waals surface area contributed by atoms with Crippen molar-refractivity contribution in [2.45, 2.75) is 12.8 Å². The number of carboxylic acid groups (broad SMARTS) is 1. The van der Waals surface area contributed by atoms with Gasteiger partial charge in [0, 0.05) is 16.6 Å². The van der Waals surface area contributed by atoms with Crippen LogP contribution in [-0.4, -0.2) is 25.2 Å². The third-order valence-corrected chi connectivity index (χ3v) is 3.77. The monoisotopic (exact) mass is 321 g/mol. The van der Waals surface area contributed by atoms with Crippen molar-refractivity contribution in [3.8, 4) is 0 Å². The van der Waals surface area contributed by atoms with E-state index in [4.69, 9.17) is 5.11 Å². The summed E-state index contributed by atoms with van der Waals surface area (Å²) in [6.07, 6.45) is -0.0575. The lowest BCUT2D eigenvalue weighted by Gasteiger charge is -2.07. The minimum absolute atomic E-state index is 0.0959. The molecule has 5 nitrogen and oxygen atoms in total. The molecule has 2 N–H and O–H groups in total. The number of rotatable bonds is 6. The summed E-state index contributed by atoms with van der Waals surface area (Å²) in [5.74, 6) is -1.20. The van der Waals surface area contributed by atoms with Crippen LogP contribution in [0.5, 0.6) is 0 Å². The van der Waals surface area contributed by atoms with E-state index in [1.807, 2.05) is 0 Å². The molecule has 0 saturated heterocycles. The molecule has 1 rings (SSSR count). The number of benzene rings is 1. The van der Waals surface area contributed by atoms with Gasteiger partial charge in [0.2, 0.25) is 10.0 Å². The van der Waals surface area contributed by atoms with Crippen LogP contribution in [0, 0.1) is 0 Å². The summed E-state index contributed by atoms with van der Waals surface area (Å²) < 4.78 is 26.3. The van der Waals surface area contributed by atoms with E-state index in [2.05, 4.69) is 20.7 Å². The molecule has 0 saturated carbocycles. The quantitative estimate of drug-likeness (QED) is 0.840. The third kappa shape index (κ3) is 5.69. The number of carboxylic acids is 1. The van der Waals surface area contributed by atoms with Gasteiger partial charge in [-0.1, -0.05) is 22.0 Å². The molecule has 1 aromatic carbocycles. The average Bonchev–Trinajstić information content (AvgIpc) is 2.15. The molecule has 0 aromatic heterocycles. The van der Waals surface area contributed by atoms with Crippen molar-refractivity contribution in [1.29, 1.82) is 0 Å². The number of anilines is 1. The lowest BCUT2D eigenvalue weighted by molar-refractivity contribution is -0.137. The molecular weight excluding hydrogens is 310 g/mol. The number of carbonyl (C=O) groups is 1. The summed E-state index contributed by atoms with van der Waals surface area (Å²) in [5, 5.41) is 8.42. The zero-order valence-corrected chi connectivity index (χ0v) is 11.3. The highest BCUT2D eigenvalue weighted by atomic mass is 79.9. The van der Waals surface area contributed by atoms with Gasteiger partial charge in [0.15, 0.2) is 0 Å². The third-order valence-electron chi connectivity index (χ3n) is 1.90. The van der Waals surface area contributed by atoms with Crippen molar-refractivity contribution in [3.63, 3.8) is 0 Å². The van der Waals surface area contributed by atoms with Gasteiger partial charge >= 0.3 is 5.97 Å². The summed E-state index contributed by atoms with van der Waals surface area (Å²) in [6.45, 7) is 0. The maximum absolute atomic E-state index is 11.6. The van der Waals surface area contributed by atoms with Crippen LogP contribution in [0.25, 0.3) is 0 Å². The first kappa shape index (κ1) is 14.0. The largest absolute Gasteiger partial charge is 0.481 e. The topological polar surface area (TPSA) is 83.5 Å². The van der Waals surface area contributed by atoms with Crippen LogP contribution in [0.15, 0.2) is 28.7 Å². The van der Waals surface area contributed by atoms with Crippen molar-refractivity contribution < 1.29 is 18.3 Å². The standard InChI is InChI=1S/C10H12BrNO4S/c11-8-3-1-4-9(7-8)12-17(15,16)6-2-5-10(13)14/h1,3-4,7,12H,2,5-6H2,(H,13,14). The lowest BCUT2D eigenvalue weighted by Crippen LogP contribution is -2.17. The number of hydrogen-bond donors (Lipinski definition) is 2. The molecule has 0 radical (unpaired) electrons. The second kappa shape index (κ2) is 6.02. The first-order valence-corrected chi connectivity index (χ1v) is 7.31. The fourth-order valence-electron chi connectivity index (χ4n) is 1.20. The fourth-order valence-corrected chi connectivity index (χ4v) is 2.71. The summed E-state index contributed by atoms with van der Waals surface area (Å²) >= 11 is 3.23. The van der Waals surface area contributed by atoms with E-state index in [1.54, 1.807) is 24.3 Å². The molecule has 0 heterocycles. The fraction of sp³-hybridized carbons (Fsp3) is 0.300. The Labute approximate surface area is 108 Å². The molecule has 0 aliphatic heterocycles. The molecule has 0 bridgehead atoms. The van der Waals surface area contributed by atoms with Crippen LogP contribution >= 0.6 is 15.9 Å². The van der Waals surface area contributed by atoms with E-state index in [0.717, 1.165) is 4.47 Å². The molecule has 0 fully saturated rings. The molecule has 94 valence electrons. The molecule has 0 spiro atoms. The molecule has 7 heteroatoms. The Morgan fingerprint density at radius 1 is 1.41 bits per heavy atom.